The van der Waals surface area contributed by atoms with Crippen molar-refractivity contribution in [1.29, 1.82) is 0 Å². The summed E-state index contributed by atoms with van der Waals surface area (Å²) >= 11 is 0. The quantitative estimate of drug-likeness (QED) is 0.470. The Balaban J connectivity index is 3.77. The summed E-state index contributed by atoms with van der Waals surface area (Å²) < 4.78 is 30.1. The largest absolute Gasteiger partial charge is 0.389 e. The zero-order valence-corrected chi connectivity index (χ0v) is 13.2. The van der Waals surface area contributed by atoms with Crippen molar-refractivity contribution in [2.45, 2.75) is 45.3 Å². The number of hydrogen-bond donors (Lipinski definition) is 3. The van der Waals surface area contributed by atoms with Crippen molar-refractivity contribution in [3.63, 3.8) is 0 Å². The second-order valence-electron chi connectivity index (χ2n) is 5.47. The Morgan fingerprint density at radius 1 is 1.37 bits per heavy atom. The van der Waals surface area contributed by atoms with E-state index >= 15 is 0 Å². The molecule has 0 aromatic rings. The van der Waals surface area contributed by atoms with Crippen molar-refractivity contribution in [3.8, 4) is 0 Å². The molecular formula is C12H28N2O4S. The van der Waals surface area contributed by atoms with Crippen LogP contribution >= 0.6 is 0 Å². The second-order valence-corrected chi connectivity index (χ2v) is 7.22. The topological polar surface area (TPSA) is 87.7 Å². The highest BCUT2D eigenvalue weighted by atomic mass is 32.2. The molecule has 19 heavy (non-hydrogen) atoms. The van der Waals surface area contributed by atoms with Crippen LogP contribution in [0.25, 0.3) is 0 Å². The van der Waals surface area contributed by atoms with Crippen LogP contribution in [0.4, 0.5) is 0 Å². The third-order valence-electron chi connectivity index (χ3n) is 2.36. The van der Waals surface area contributed by atoms with Gasteiger partial charge in [-0.1, -0.05) is 13.3 Å². The van der Waals surface area contributed by atoms with E-state index in [1.807, 2.05) is 0 Å². The fourth-order valence-corrected chi connectivity index (χ4v) is 2.69. The Morgan fingerprint density at radius 2 is 2.00 bits per heavy atom. The van der Waals surface area contributed by atoms with E-state index in [9.17, 15) is 13.5 Å². The molecule has 0 spiro atoms. The van der Waals surface area contributed by atoms with E-state index in [2.05, 4.69) is 17.0 Å². The van der Waals surface area contributed by atoms with Gasteiger partial charge in [0.15, 0.2) is 0 Å². The predicted molar refractivity (Wildman–Crippen MR) is 76.7 cm³/mol. The molecule has 7 heteroatoms. The van der Waals surface area contributed by atoms with Gasteiger partial charge < -0.3 is 15.2 Å². The van der Waals surface area contributed by atoms with Gasteiger partial charge in [0.1, 0.15) is 0 Å². The first-order valence-corrected chi connectivity index (χ1v) is 8.51. The minimum absolute atomic E-state index is 0.299. The summed E-state index contributed by atoms with van der Waals surface area (Å²) in [7, 11) is -3.23. The average molecular weight is 296 g/mol. The van der Waals surface area contributed by atoms with Gasteiger partial charge in [0.25, 0.3) is 0 Å². The van der Waals surface area contributed by atoms with E-state index in [4.69, 9.17) is 4.74 Å². The summed E-state index contributed by atoms with van der Waals surface area (Å²) in [5.41, 5.74) is -0.587. The molecule has 1 atom stereocenters. The Labute approximate surface area is 117 Å². The maximum absolute atomic E-state index is 11.1. The molecule has 0 saturated carbocycles. The molecular weight excluding hydrogens is 268 g/mol. The molecule has 0 rings (SSSR count). The van der Waals surface area contributed by atoms with Gasteiger partial charge in [-0.25, -0.2) is 13.1 Å². The van der Waals surface area contributed by atoms with E-state index in [-0.39, 0.29) is 0 Å². The molecule has 0 aromatic carbocycles. The van der Waals surface area contributed by atoms with Crippen LogP contribution in [0.5, 0.6) is 0 Å². The normalized spacial score (nSPS) is 14.6. The smallest absolute Gasteiger partial charge is 0.209 e. The van der Waals surface area contributed by atoms with Gasteiger partial charge in [-0.2, -0.15) is 0 Å². The van der Waals surface area contributed by atoms with Gasteiger partial charge in [0.2, 0.25) is 10.0 Å². The van der Waals surface area contributed by atoms with Crippen LogP contribution in [0, 0.1) is 0 Å². The highest BCUT2D eigenvalue weighted by Crippen LogP contribution is 2.01. The zero-order chi connectivity index (χ0) is 14.9. The fourth-order valence-electron chi connectivity index (χ4n) is 1.61. The lowest BCUT2D eigenvalue weighted by molar-refractivity contribution is 0.0354. The van der Waals surface area contributed by atoms with E-state index in [1.165, 1.54) is 0 Å². The first kappa shape index (κ1) is 18.8. The van der Waals surface area contributed by atoms with Crippen LogP contribution in [-0.2, 0) is 14.8 Å². The molecule has 0 bridgehead atoms. The minimum Gasteiger partial charge on any atom is -0.389 e. The SMILES string of the molecule is CCCCOCC(O)CNCC(C)(C)NS(C)(=O)=O. The highest BCUT2D eigenvalue weighted by molar-refractivity contribution is 7.88. The molecule has 1 unspecified atom stereocenters. The van der Waals surface area contributed by atoms with Crippen LogP contribution < -0.4 is 10.0 Å². The van der Waals surface area contributed by atoms with Crippen LogP contribution in [0.3, 0.4) is 0 Å². The second kappa shape index (κ2) is 8.86. The fraction of sp³-hybridized carbons (Fsp3) is 1.00. The number of aliphatic hydroxyl groups is 1. The number of aliphatic hydroxyl groups excluding tert-OH is 1. The Kier molecular flexibility index (Phi) is 8.76. The summed E-state index contributed by atoms with van der Waals surface area (Å²) in [5, 5.41) is 12.7. The molecule has 116 valence electrons. The summed E-state index contributed by atoms with van der Waals surface area (Å²) in [6.45, 7) is 7.42. The number of ether oxygens (including phenoxy) is 1. The number of sulfonamides is 1. The number of unbranched alkanes of at least 4 members (excludes halogenated alkanes) is 1. The molecule has 3 N–H and O–H groups in total. The molecule has 0 fully saturated rings. The number of hydrogen-bond acceptors (Lipinski definition) is 5. The molecule has 0 saturated heterocycles. The zero-order valence-electron chi connectivity index (χ0n) is 12.4. The van der Waals surface area contributed by atoms with E-state index < -0.39 is 21.7 Å². The van der Waals surface area contributed by atoms with E-state index in [1.54, 1.807) is 13.8 Å². The van der Waals surface area contributed by atoms with Gasteiger partial charge in [-0.05, 0) is 20.3 Å². The van der Waals surface area contributed by atoms with Crippen LogP contribution in [0.15, 0.2) is 0 Å². The summed E-state index contributed by atoms with van der Waals surface area (Å²) in [5.74, 6) is 0. The Morgan fingerprint density at radius 3 is 2.53 bits per heavy atom. The van der Waals surface area contributed by atoms with E-state index in [0.29, 0.717) is 26.3 Å². The van der Waals surface area contributed by atoms with Crippen LogP contribution in [0.2, 0.25) is 0 Å². The van der Waals surface area contributed by atoms with Gasteiger partial charge in [-0.15, -0.1) is 0 Å². The van der Waals surface area contributed by atoms with Crippen molar-refractivity contribution in [3.05, 3.63) is 0 Å². The maximum Gasteiger partial charge on any atom is 0.209 e. The van der Waals surface area contributed by atoms with Gasteiger partial charge >= 0.3 is 0 Å². The number of rotatable bonds is 11. The maximum atomic E-state index is 11.1. The van der Waals surface area contributed by atoms with Crippen molar-refractivity contribution in [1.82, 2.24) is 10.0 Å². The molecule has 6 nitrogen and oxygen atoms in total. The predicted octanol–water partition coefficient (Wildman–Crippen LogP) is 0.0814. The lowest BCUT2D eigenvalue weighted by Crippen LogP contribution is -2.51. The Hall–Kier alpha value is -0.210. The molecule has 0 amide bonds. The van der Waals surface area contributed by atoms with Crippen molar-refractivity contribution < 1.29 is 18.3 Å². The van der Waals surface area contributed by atoms with Crippen molar-refractivity contribution in [2.75, 3.05) is 32.6 Å². The van der Waals surface area contributed by atoms with Crippen LogP contribution in [-0.4, -0.2) is 57.7 Å². The van der Waals surface area contributed by atoms with Crippen molar-refractivity contribution in [2.24, 2.45) is 0 Å². The lowest BCUT2D eigenvalue weighted by atomic mass is 10.1. The minimum atomic E-state index is -3.23. The molecule has 0 aromatic heterocycles. The Bertz CT molecular complexity index is 331. The molecule has 0 heterocycles. The van der Waals surface area contributed by atoms with Crippen LogP contribution in [0.1, 0.15) is 33.6 Å². The number of nitrogens with one attached hydrogen (secondary N) is 2. The average Bonchev–Trinajstić information content (AvgIpc) is 2.20. The monoisotopic (exact) mass is 296 g/mol. The highest BCUT2D eigenvalue weighted by Gasteiger charge is 2.21. The standard InChI is InChI=1S/C12H28N2O4S/c1-5-6-7-18-9-11(15)8-13-10-12(2,3)14-19(4,16)17/h11,13-15H,5-10H2,1-4H3. The third kappa shape index (κ3) is 12.6. The summed E-state index contributed by atoms with van der Waals surface area (Å²) in [6, 6.07) is 0. The lowest BCUT2D eigenvalue weighted by Gasteiger charge is -2.26. The van der Waals surface area contributed by atoms with Crippen molar-refractivity contribution >= 4 is 10.0 Å². The molecule has 0 aliphatic carbocycles. The first-order valence-electron chi connectivity index (χ1n) is 6.62. The van der Waals surface area contributed by atoms with Gasteiger partial charge in [0, 0.05) is 25.2 Å². The molecule has 0 aliphatic rings. The van der Waals surface area contributed by atoms with E-state index in [0.717, 1.165) is 19.1 Å². The van der Waals surface area contributed by atoms with Gasteiger partial charge in [0.05, 0.1) is 19.0 Å². The molecule has 0 aliphatic heterocycles. The van der Waals surface area contributed by atoms with Gasteiger partial charge in [-0.3, -0.25) is 0 Å². The molecule has 0 radical (unpaired) electrons. The third-order valence-corrected chi connectivity index (χ3v) is 3.28. The summed E-state index contributed by atoms with van der Waals surface area (Å²) in [4.78, 5) is 0. The first-order chi connectivity index (χ1) is 8.66. The summed E-state index contributed by atoms with van der Waals surface area (Å²) in [6.07, 6.45) is 2.61.